The number of anilines is 1. The van der Waals surface area contributed by atoms with Crippen LogP contribution in [0.1, 0.15) is 51.2 Å². The standard InChI is InChI=1S/C18H28N6O/c1-13-19-11-14(21-13)12-23-9-6-15(7-10-23)24-16(5-8-20-24)22-17(25)18(2,3)4/h5,8,11,15H,6-7,9-10,12H2,1-4H3,(H,19,21)(H,22,25). The lowest BCUT2D eigenvalue weighted by molar-refractivity contribution is -0.123. The number of nitrogens with zero attached hydrogens (tertiary/aromatic N) is 4. The number of aromatic amines is 1. The summed E-state index contributed by atoms with van der Waals surface area (Å²) in [5.74, 6) is 1.77. The van der Waals surface area contributed by atoms with E-state index in [9.17, 15) is 4.79 Å². The van der Waals surface area contributed by atoms with Crippen molar-refractivity contribution in [2.45, 2.75) is 53.1 Å². The Morgan fingerprint density at radius 1 is 1.36 bits per heavy atom. The minimum Gasteiger partial charge on any atom is -0.345 e. The van der Waals surface area contributed by atoms with Crippen molar-refractivity contribution in [1.82, 2.24) is 24.6 Å². The summed E-state index contributed by atoms with van der Waals surface area (Å²) >= 11 is 0. The fourth-order valence-corrected chi connectivity index (χ4v) is 3.12. The molecule has 0 aromatic carbocycles. The van der Waals surface area contributed by atoms with Gasteiger partial charge in [-0.1, -0.05) is 20.8 Å². The van der Waals surface area contributed by atoms with Crippen molar-refractivity contribution >= 4 is 11.7 Å². The minimum atomic E-state index is -0.416. The van der Waals surface area contributed by atoms with Crippen LogP contribution in [0.5, 0.6) is 0 Å². The second kappa shape index (κ2) is 7.00. The largest absolute Gasteiger partial charge is 0.345 e. The van der Waals surface area contributed by atoms with Crippen LogP contribution in [0.4, 0.5) is 5.82 Å². The third-order valence-corrected chi connectivity index (χ3v) is 4.65. The van der Waals surface area contributed by atoms with E-state index < -0.39 is 5.41 Å². The Kier molecular flexibility index (Phi) is 4.94. The Morgan fingerprint density at radius 3 is 2.68 bits per heavy atom. The van der Waals surface area contributed by atoms with Gasteiger partial charge in [-0.15, -0.1) is 0 Å². The molecule has 0 radical (unpaired) electrons. The Bertz CT molecular complexity index is 718. The number of rotatable bonds is 4. The second-order valence-electron chi connectivity index (χ2n) is 7.87. The van der Waals surface area contributed by atoms with Crippen LogP contribution in [0.15, 0.2) is 18.5 Å². The van der Waals surface area contributed by atoms with Gasteiger partial charge in [0.1, 0.15) is 11.6 Å². The molecule has 1 amide bonds. The van der Waals surface area contributed by atoms with Crippen molar-refractivity contribution in [3.8, 4) is 0 Å². The number of likely N-dealkylation sites (tertiary alicyclic amines) is 1. The van der Waals surface area contributed by atoms with Crippen molar-refractivity contribution in [3.63, 3.8) is 0 Å². The van der Waals surface area contributed by atoms with Crippen LogP contribution in [-0.2, 0) is 11.3 Å². The molecule has 0 bridgehead atoms. The van der Waals surface area contributed by atoms with Crippen LogP contribution in [0.25, 0.3) is 0 Å². The molecule has 0 unspecified atom stereocenters. The molecule has 136 valence electrons. The molecule has 0 spiro atoms. The quantitative estimate of drug-likeness (QED) is 0.894. The number of hydrogen-bond acceptors (Lipinski definition) is 4. The third-order valence-electron chi connectivity index (χ3n) is 4.65. The summed E-state index contributed by atoms with van der Waals surface area (Å²) in [5, 5.41) is 7.47. The summed E-state index contributed by atoms with van der Waals surface area (Å²) in [7, 11) is 0. The van der Waals surface area contributed by atoms with Gasteiger partial charge in [0, 0.05) is 43.0 Å². The summed E-state index contributed by atoms with van der Waals surface area (Å²) in [5.41, 5.74) is 0.744. The first-order valence-electron chi connectivity index (χ1n) is 8.91. The molecule has 3 rings (SSSR count). The number of aryl methyl sites for hydroxylation is 1. The summed E-state index contributed by atoms with van der Waals surface area (Å²) in [6, 6.07) is 2.20. The number of hydrogen-bond donors (Lipinski definition) is 2. The Hall–Kier alpha value is -2.15. The molecule has 1 aliphatic heterocycles. The first-order valence-corrected chi connectivity index (χ1v) is 8.91. The van der Waals surface area contributed by atoms with Crippen molar-refractivity contribution in [3.05, 3.63) is 30.0 Å². The van der Waals surface area contributed by atoms with Gasteiger partial charge in [0.2, 0.25) is 5.91 Å². The average Bonchev–Trinajstić information content (AvgIpc) is 3.16. The molecule has 0 aliphatic carbocycles. The Morgan fingerprint density at radius 2 is 2.08 bits per heavy atom. The van der Waals surface area contributed by atoms with Gasteiger partial charge in [0.15, 0.2) is 0 Å². The van der Waals surface area contributed by atoms with Gasteiger partial charge in [0.05, 0.1) is 12.2 Å². The number of aromatic nitrogens is 4. The van der Waals surface area contributed by atoms with E-state index in [0.29, 0.717) is 6.04 Å². The molecule has 25 heavy (non-hydrogen) atoms. The lowest BCUT2D eigenvalue weighted by Gasteiger charge is -2.32. The predicted octanol–water partition coefficient (Wildman–Crippen LogP) is 2.74. The first-order chi connectivity index (χ1) is 11.8. The van der Waals surface area contributed by atoms with Gasteiger partial charge in [-0.2, -0.15) is 5.10 Å². The highest BCUT2D eigenvalue weighted by molar-refractivity contribution is 5.93. The number of imidazole rings is 1. The zero-order valence-electron chi connectivity index (χ0n) is 15.5. The molecule has 2 N–H and O–H groups in total. The molecule has 1 aliphatic rings. The highest BCUT2D eigenvalue weighted by Crippen LogP contribution is 2.27. The van der Waals surface area contributed by atoms with Gasteiger partial charge in [-0.25, -0.2) is 9.67 Å². The van der Waals surface area contributed by atoms with E-state index in [1.165, 1.54) is 0 Å². The summed E-state index contributed by atoms with van der Waals surface area (Å²) < 4.78 is 1.97. The van der Waals surface area contributed by atoms with E-state index in [2.05, 4.69) is 25.3 Å². The van der Waals surface area contributed by atoms with Crippen molar-refractivity contribution < 1.29 is 4.79 Å². The minimum absolute atomic E-state index is 0.0151. The molecule has 2 aromatic rings. The number of piperidine rings is 1. The van der Waals surface area contributed by atoms with E-state index >= 15 is 0 Å². The van der Waals surface area contributed by atoms with E-state index in [4.69, 9.17) is 0 Å². The molecule has 1 saturated heterocycles. The maximum absolute atomic E-state index is 12.3. The van der Waals surface area contributed by atoms with E-state index in [-0.39, 0.29) is 5.91 Å². The Balaban J connectivity index is 1.58. The van der Waals surface area contributed by atoms with Crippen molar-refractivity contribution in [2.75, 3.05) is 18.4 Å². The van der Waals surface area contributed by atoms with E-state index in [1.807, 2.05) is 44.6 Å². The zero-order chi connectivity index (χ0) is 18.0. The number of carbonyl (C=O) groups is 1. The topological polar surface area (TPSA) is 78.8 Å². The highest BCUT2D eigenvalue weighted by Gasteiger charge is 2.26. The number of carbonyl (C=O) groups excluding carboxylic acids is 1. The van der Waals surface area contributed by atoms with Crippen LogP contribution in [0, 0.1) is 12.3 Å². The Labute approximate surface area is 148 Å². The number of amides is 1. The van der Waals surface area contributed by atoms with Crippen LogP contribution in [-0.4, -0.2) is 43.6 Å². The van der Waals surface area contributed by atoms with Gasteiger partial charge in [0.25, 0.3) is 0 Å². The molecule has 7 heteroatoms. The fourth-order valence-electron chi connectivity index (χ4n) is 3.12. The average molecular weight is 344 g/mol. The maximum atomic E-state index is 12.3. The predicted molar refractivity (Wildman–Crippen MR) is 97.2 cm³/mol. The smallest absolute Gasteiger partial charge is 0.230 e. The zero-order valence-corrected chi connectivity index (χ0v) is 15.5. The van der Waals surface area contributed by atoms with Crippen LogP contribution in [0.2, 0.25) is 0 Å². The lowest BCUT2D eigenvalue weighted by Crippen LogP contribution is -2.35. The second-order valence-corrected chi connectivity index (χ2v) is 7.87. The van der Waals surface area contributed by atoms with Gasteiger partial charge in [-0.05, 0) is 19.8 Å². The van der Waals surface area contributed by atoms with Gasteiger partial charge >= 0.3 is 0 Å². The maximum Gasteiger partial charge on any atom is 0.230 e. The van der Waals surface area contributed by atoms with Crippen LogP contribution >= 0.6 is 0 Å². The first kappa shape index (κ1) is 17.7. The number of nitrogens with one attached hydrogen (secondary N) is 2. The van der Waals surface area contributed by atoms with Gasteiger partial charge < -0.3 is 10.3 Å². The van der Waals surface area contributed by atoms with Gasteiger partial charge in [-0.3, -0.25) is 9.69 Å². The van der Waals surface area contributed by atoms with E-state index in [1.54, 1.807) is 6.20 Å². The summed E-state index contributed by atoms with van der Waals surface area (Å²) in [6.45, 7) is 10.6. The summed E-state index contributed by atoms with van der Waals surface area (Å²) in [4.78, 5) is 22.2. The van der Waals surface area contributed by atoms with Crippen molar-refractivity contribution in [1.29, 1.82) is 0 Å². The highest BCUT2D eigenvalue weighted by atomic mass is 16.2. The van der Waals surface area contributed by atoms with Crippen molar-refractivity contribution in [2.24, 2.45) is 5.41 Å². The van der Waals surface area contributed by atoms with Crippen LogP contribution in [0.3, 0.4) is 0 Å². The monoisotopic (exact) mass is 344 g/mol. The molecule has 7 nitrogen and oxygen atoms in total. The SMILES string of the molecule is Cc1ncc(CN2CCC(n3nccc3NC(=O)C(C)(C)C)CC2)[nH]1. The molecular formula is C18H28N6O. The third kappa shape index (κ3) is 4.28. The molecular weight excluding hydrogens is 316 g/mol. The normalized spacial score (nSPS) is 17.0. The fraction of sp³-hybridized carbons (Fsp3) is 0.611. The summed E-state index contributed by atoms with van der Waals surface area (Å²) in [6.07, 6.45) is 5.72. The molecule has 2 aromatic heterocycles. The molecule has 3 heterocycles. The lowest BCUT2D eigenvalue weighted by atomic mass is 9.96. The number of H-pyrrole nitrogens is 1. The van der Waals surface area contributed by atoms with E-state index in [0.717, 1.165) is 49.8 Å². The molecule has 0 saturated carbocycles. The molecule has 1 fully saturated rings. The van der Waals surface area contributed by atoms with Crippen LogP contribution < -0.4 is 5.32 Å². The molecule has 0 atom stereocenters.